The average molecular weight is 347 g/mol. The van der Waals surface area contributed by atoms with Crippen LogP contribution in [0.15, 0.2) is 61.2 Å². The van der Waals surface area contributed by atoms with Crippen molar-refractivity contribution in [3.8, 4) is 11.3 Å². The summed E-state index contributed by atoms with van der Waals surface area (Å²) in [6, 6.07) is 11.1. The number of rotatable bonds is 3. The molecule has 25 heavy (non-hydrogen) atoms. The molecule has 4 aromatic rings. The van der Waals surface area contributed by atoms with Gasteiger partial charge in [-0.15, -0.1) is 11.3 Å². The number of carbonyl (C=O) groups excluding carboxylic acids is 1. The molecule has 0 spiro atoms. The lowest BCUT2D eigenvalue weighted by Gasteiger charge is -2.03. The number of anilines is 2. The van der Waals surface area contributed by atoms with Gasteiger partial charge in [-0.3, -0.25) is 14.8 Å². The summed E-state index contributed by atoms with van der Waals surface area (Å²) in [5.74, 6) is -0.265. The van der Waals surface area contributed by atoms with Crippen molar-refractivity contribution in [1.82, 2.24) is 15.0 Å². The second-order valence-corrected chi connectivity index (χ2v) is 6.32. The lowest BCUT2D eigenvalue weighted by Crippen LogP contribution is -2.11. The molecule has 0 bridgehead atoms. The van der Waals surface area contributed by atoms with E-state index in [0.29, 0.717) is 16.3 Å². The first-order chi connectivity index (χ1) is 12.2. The van der Waals surface area contributed by atoms with Crippen LogP contribution in [0.5, 0.6) is 0 Å². The van der Waals surface area contributed by atoms with Gasteiger partial charge in [0.15, 0.2) is 0 Å². The highest BCUT2D eigenvalue weighted by Gasteiger charge is 2.18. The smallest absolute Gasteiger partial charge is 0.267 e. The van der Waals surface area contributed by atoms with Crippen molar-refractivity contribution in [1.29, 1.82) is 0 Å². The number of fused-ring (bicyclic) bond motifs is 1. The average Bonchev–Trinajstić information content (AvgIpc) is 2.99. The predicted octanol–water partition coefficient (Wildman–Crippen LogP) is 3.59. The first-order valence-electron chi connectivity index (χ1n) is 7.53. The molecule has 4 rings (SSSR count). The van der Waals surface area contributed by atoms with Gasteiger partial charge in [-0.05, 0) is 36.4 Å². The number of nitrogens with zero attached hydrogens (tertiary/aromatic N) is 3. The van der Waals surface area contributed by atoms with Crippen molar-refractivity contribution in [2.24, 2.45) is 0 Å². The maximum Gasteiger partial charge on any atom is 0.267 e. The van der Waals surface area contributed by atoms with Crippen LogP contribution in [0.1, 0.15) is 9.67 Å². The third-order valence-corrected chi connectivity index (χ3v) is 4.81. The Bertz CT molecular complexity index is 1050. The maximum absolute atomic E-state index is 12.5. The highest BCUT2D eigenvalue weighted by atomic mass is 32.1. The molecule has 4 aromatic heterocycles. The fourth-order valence-corrected chi connectivity index (χ4v) is 3.46. The number of pyridine rings is 3. The highest BCUT2D eigenvalue weighted by Crippen LogP contribution is 2.34. The fourth-order valence-electron chi connectivity index (χ4n) is 2.47. The molecule has 0 saturated heterocycles. The number of thiophene rings is 1. The molecule has 0 aliphatic carbocycles. The number of carbonyl (C=O) groups is 1. The summed E-state index contributed by atoms with van der Waals surface area (Å²) in [7, 11) is 0. The van der Waals surface area contributed by atoms with E-state index in [1.165, 1.54) is 11.3 Å². The predicted molar refractivity (Wildman–Crippen MR) is 99.5 cm³/mol. The van der Waals surface area contributed by atoms with E-state index in [9.17, 15) is 4.79 Å². The molecule has 0 unspecified atom stereocenters. The van der Waals surface area contributed by atoms with Crippen molar-refractivity contribution in [2.45, 2.75) is 0 Å². The van der Waals surface area contributed by atoms with Crippen molar-refractivity contribution >= 4 is 38.8 Å². The Morgan fingerprint density at radius 1 is 1.04 bits per heavy atom. The van der Waals surface area contributed by atoms with Crippen LogP contribution in [-0.4, -0.2) is 20.9 Å². The third kappa shape index (κ3) is 2.92. The Hall–Kier alpha value is -3.32. The molecule has 122 valence electrons. The normalized spacial score (nSPS) is 10.7. The van der Waals surface area contributed by atoms with Gasteiger partial charge < -0.3 is 11.1 Å². The summed E-state index contributed by atoms with van der Waals surface area (Å²) < 4.78 is 0. The zero-order valence-electron chi connectivity index (χ0n) is 13.0. The van der Waals surface area contributed by atoms with Gasteiger partial charge in [-0.25, -0.2) is 4.98 Å². The second kappa shape index (κ2) is 6.29. The minimum absolute atomic E-state index is 0.265. The zero-order valence-corrected chi connectivity index (χ0v) is 13.8. The Morgan fingerprint density at radius 2 is 1.88 bits per heavy atom. The molecular weight excluding hydrogens is 334 g/mol. The van der Waals surface area contributed by atoms with E-state index in [1.807, 2.05) is 24.3 Å². The van der Waals surface area contributed by atoms with Crippen LogP contribution < -0.4 is 11.1 Å². The zero-order chi connectivity index (χ0) is 17.2. The Balaban J connectivity index is 1.71. The van der Waals surface area contributed by atoms with Gasteiger partial charge >= 0.3 is 0 Å². The van der Waals surface area contributed by atoms with Crippen LogP contribution >= 0.6 is 11.3 Å². The van der Waals surface area contributed by atoms with E-state index in [1.54, 1.807) is 36.9 Å². The summed E-state index contributed by atoms with van der Waals surface area (Å²) in [5.41, 5.74) is 9.00. The number of aromatic nitrogens is 3. The van der Waals surface area contributed by atoms with Crippen LogP contribution in [-0.2, 0) is 0 Å². The van der Waals surface area contributed by atoms with E-state index in [2.05, 4.69) is 20.3 Å². The third-order valence-electron chi connectivity index (χ3n) is 3.70. The number of nitrogens with two attached hydrogens (primary N) is 1. The topological polar surface area (TPSA) is 93.8 Å². The SMILES string of the molecule is Nc1c(C(=O)Nc2cccnc2)sc2nc(-c3ccncc3)ccc12. The first-order valence-corrected chi connectivity index (χ1v) is 8.35. The lowest BCUT2D eigenvalue weighted by atomic mass is 10.1. The van der Waals surface area contributed by atoms with E-state index >= 15 is 0 Å². The molecule has 0 aliphatic heterocycles. The molecule has 0 aromatic carbocycles. The van der Waals surface area contributed by atoms with Gasteiger partial charge in [-0.1, -0.05) is 0 Å². The van der Waals surface area contributed by atoms with E-state index in [0.717, 1.165) is 21.5 Å². The lowest BCUT2D eigenvalue weighted by molar-refractivity contribution is 0.103. The van der Waals surface area contributed by atoms with Gasteiger partial charge in [0.25, 0.3) is 5.91 Å². The molecule has 3 N–H and O–H groups in total. The summed E-state index contributed by atoms with van der Waals surface area (Å²) >= 11 is 1.28. The molecule has 7 heteroatoms. The molecule has 0 atom stereocenters. The molecule has 0 aliphatic rings. The minimum Gasteiger partial charge on any atom is -0.397 e. The van der Waals surface area contributed by atoms with Crippen molar-refractivity contribution in [3.63, 3.8) is 0 Å². The van der Waals surface area contributed by atoms with Crippen molar-refractivity contribution in [2.75, 3.05) is 11.1 Å². The standard InChI is InChI=1S/C18H13N5OS/c19-15-13-3-4-14(11-5-8-20-9-6-11)23-18(13)25-16(15)17(24)22-12-2-1-7-21-10-12/h1-10H,19H2,(H,22,24). The second-order valence-electron chi connectivity index (χ2n) is 5.33. The quantitative estimate of drug-likeness (QED) is 0.591. The number of hydrogen-bond acceptors (Lipinski definition) is 6. The van der Waals surface area contributed by atoms with Gasteiger partial charge in [0.1, 0.15) is 9.71 Å². The summed E-state index contributed by atoms with van der Waals surface area (Å²) in [4.78, 5) is 26.3. The molecular formula is C18H13N5OS. The highest BCUT2D eigenvalue weighted by molar-refractivity contribution is 7.21. The van der Waals surface area contributed by atoms with Gasteiger partial charge in [-0.2, -0.15) is 0 Å². The molecule has 0 fully saturated rings. The number of amides is 1. The van der Waals surface area contributed by atoms with Gasteiger partial charge in [0.2, 0.25) is 0 Å². The maximum atomic E-state index is 12.5. The van der Waals surface area contributed by atoms with Crippen LogP contribution in [0, 0.1) is 0 Å². The Morgan fingerprint density at radius 3 is 2.64 bits per heavy atom. The number of hydrogen-bond donors (Lipinski definition) is 2. The molecule has 6 nitrogen and oxygen atoms in total. The molecule has 4 heterocycles. The minimum atomic E-state index is -0.265. The monoisotopic (exact) mass is 347 g/mol. The fraction of sp³-hybridized carbons (Fsp3) is 0. The van der Waals surface area contributed by atoms with Crippen molar-refractivity contribution < 1.29 is 4.79 Å². The van der Waals surface area contributed by atoms with Crippen LogP contribution in [0.3, 0.4) is 0 Å². The number of nitrogen functional groups attached to an aromatic ring is 1. The van der Waals surface area contributed by atoms with Crippen molar-refractivity contribution in [3.05, 3.63) is 66.1 Å². The van der Waals surface area contributed by atoms with E-state index in [4.69, 9.17) is 5.73 Å². The molecule has 0 radical (unpaired) electrons. The Labute approximate surface area is 147 Å². The first kappa shape index (κ1) is 15.2. The van der Waals surface area contributed by atoms with E-state index < -0.39 is 0 Å². The van der Waals surface area contributed by atoms with Crippen LogP contribution in [0.2, 0.25) is 0 Å². The summed E-state index contributed by atoms with van der Waals surface area (Å²) in [6.07, 6.45) is 6.67. The summed E-state index contributed by atoms with van der Waals surface area (Å²) in [5, 5.41) is 3.58. The van der Waals surface area contributed by atoms with Gasteiger partial charge in [0.05, 0.1) is 23.3 Å². The summed E-state index contributed by atoms with van der Waals surface area (Å²) in [6.45, 7) is 0. The Kier molecular flexibility index (Phi) is 3.83. The van der Waals surface area contributed by atoms with Crippen LogP contribution in [0.25, 0.3) is 21.5 Å². The number of nitrogens with one attached hydrogen (secondary N) is 1. The molecule has 0 saturated carbocycles. The largest absolute Gasteiger partial charge is 0.397 e. The molecule has 1 amide bonds. The van der Waals surface area contributed by atoms with Gasteiger partial charge in [0, 0.05) is 29.5 Å². The van der Waals surface area contributed by atoms with Crippen LogP contribution in [0.4, 0.5) is 11.4 Å². The van der Waals surface area contributed by atoms with E-state index in [-0.39, 0.29) is 5.91 Å².